The van der Waals surface area contributed by atoms with E-state index in [1.807, 2.05) is 47.4 Å². The van der Waals surface area contributed by atoms with E-state index in [0.29, 0.717) is 42.3 Å². The van der Waals surface area contributed by atoms with Crippen molar-refractivity contribution in [2.24, 2.45) is 0 Å². The first kappa shape index (κ1) is 27.3. The molecule has 0 bridgehead atoms. The topological polar surface area (TPSA) is 67.3 Å². The van der Waals surface area contributed by atoms with Gasteiger partial charge in [0, 0.05) is 43.3 Å². The molecule has 0 atom stereocenters. The van der Waals surface area contributed by atoms with Gasteiger partial charge in [0.2, 0.25) is 0 Å². The van der Waals surface area contributed by atoms with Crippen LogP contribution in [0.25, 0.3) is 0 Å². The quantitative estimate of drug-likeness (QED) is 0.263. The maximum atomic E-state index is 13.3. The summed E-state index contributed by atoms with van der Waals surface area (Å²) in [5, 5.41) is 5.25. The van der Waals surface area contributed by atoms with Crippen LogP contribution in [0.4, 0.5) is 13.2 Å². The number of thiazole rings is 1. The fraction of sp³-hybridized carbons (Fsp3) is 0.250. The van der Waals surface area contributed by atoms with Gasteiger partial charge in [-0.25, -0.2) is 4.98 Å². The number of nitrogens with one attached hydrogen (secondary N) is 1. The monoisotopic (exact) mass is 540 g/mol. The third-order valence-corrected chi connectivity index (χ3v) is 6.60. The van der Waals surface area contributed by atoms with Crippen LogP contribution in [0.5, 0.6) is 5.75 Å². The van der Waals surface area contributed by atoms with E-state index in [-0.39, 0.29) is 12.5 Å². The third kappa shape index (κ3) is 7.87. The zero-order chi connectivity index (χ0) is 27.0. The summed E-state index contributed by atoms with van der Waals surface area (Å²) in [7, 11) is 1.59. The number of aromatic nitrogens is 2. The number of nitrogens with zero attached hydrogens (tertiary/aromatic N) is 3. The third-order valence-electron chi connectivity index (χ3n) is 5.76. The summed E-state index contributed by atoms with van der Waals surface area (Å²) in [4.78, 5) is 23.3. The van der Waals surface area contributed by atoms with Crippen molar-refractivity contribution in [3.8, 4) is 5.75 Å². The van der Waals surface area contributed by atoms with Crippen molar-refractivity contribution in [3.05, 3.63) is 111 Å². The summed E-state index contributed by atoms with van der Waals surface area (Å²) < 4.78 is 45.0. The first-order valence-corrected chi connectivity index (χ1v) is 12.8. The number of pyridine rings is 1. The van der Waals surface area contributed by atoms with Crippen LogP contribution in [-0.4, -0.2) is 34.4 Å². The van der Waals surface area contributed by atoms with Crippen LogP contribution in [0.15, 0.2) is 78.3 Å². The Morgan fingerprint density at radius 2 is 1.79 bits per heavy atom. The van der Waals surface area contributed by atoms with E-state index in [0.717, 1.165) is 23.1 Å². The molecule has 4 rings (SSSR count). The van der Waals surface area contributed by atoms with Crippen molar-refractivity contribution in [1.82, 2.24) is 20.2 Å². The van der Waals surface area contributed by atoms with Crippen LogP contribution in [0.3, 0.4) is 0 Å². The molecule has 1 amide bonds. The number of alkyl halides is 3. The number of benzene rings is 2. The standard InChI is InChI=1S/C28H27F3N4O2S/c1-37-24-10-8-20(9-11-24)16-35(17-21-5-4-6-22(15-21)28(29,30)31)18-26-34-25(19-38-26)27(36)33-14-12-23-7-2-3-13-32-23/h2-11,13,15,19H,12,14,16-18H2,1H3,(H,33,36). The number of amides is 1. The van der Waals surface area contributed by atoms with E-state index >= 15 is 0 Å². The fourth-order valence-electron chi connectivity index (χ4n) is 3.88. The Morgan fingerprint density at radius 1 is 1.00 bits per heavy atom. The lowest BCUT2D eigenvalue weighted by molar-refractivity contribution is -0.137. The normalized spacial score (nSPS) is 11.5. The van der Waals surface area contributed by atoms with Crippen molar-refractivity contribution < 1.29 is 22.7 Å². The molecule has 0 aliphatic rings. The van der Waals surface area contributed by atoms with Gasteiger partial charge in [-0.05, 0) is 41.5 Å². The summed E-state index contributed by atoms with van der Waals surface area (Å²) >= 11 is 1.34. The van der Waals surface area contributed by atoms with Crippen molar-refractivity contribution >= 4 is 17.2 Å². The Balaban J connectivity index is 1.44. The molecule has 0 aliphatic carbocycles. The molecule has 6 nitrogen and oxygen atoms in total. The predicted molar refractivity (Wildman–Crippen MR) is 140 cm³/mol. The average Bonchev–Trinajstić information content (AvgIpc) is 3.38. The number of methoxy groups -OCH3 is 1. The smallest absolute Gasteiger partial charge is 0.416 e. The maximum Gasteiger partial charge on any atom is 0.416 e. The van der Waals surface area contributed by atoms with Gasteiger partial charge >= 0.3 is 6.18 Å². The summed E-state index contributed by atoms with van der Waals surface area (Å²) in [5.74, 6) is 0.444. The summed E-state index contributed by atoms with van der Waals surface area (Å²) in [6, 6.07) is 18.5. The van der Waals surface area contributed by atoms with Gasteiger partial charge in [0.1, 0.15) is 16.5 Å². The van der Waals surface area contributed by atoms with Gasteiger partial charge in [-0.15, -0.1) is 11.3 Å². The molecule has 4 aromatic rings. The fourth-order valence-corrected chi connectivity index (χ4v) is 4.70. The second-order valence-corrected chi connectivity index (χ2v) is 9.59. The zero-order valence-electron chi connectivity index (χ0n) is 20.7. The van der Waals surface area contributed by atoms with Gasteiger partial charge < -0.3 is 10.1 Å². The molecule has 0 spiro atoms. The van der Waals surface area contributed by atoms with E-state index in [1.54, 1.807) is 24.8 Å². The zero-order valence-corrected chi connectivity index (χ0v) is 21.6. The van der Waals surface area contributed by atoms with Gasteiger partial charge in [0.05, 0.1) is 19.2 Å². The highest BCUT2D eigenvalue weighted by atomic mass is 32.1. The molecule has 0 aliphatic heterocycles. The molecule has 2 aromatic carbocycles. The molecular formula is C28H27F3N4O2S. The second kappa shape index (κ2) is 12.7. The molecular weight excluding hydrogens is 513 g/mol. The Labute approximate surface area is 223 Å². The predicted octanol–water partition coefficient (Wildman–Crippen LogP) is 5.74. The molecule has 10 heteroatoms. The molecule has 1 N–H and O–H groups in total. The van der Waals surface area contributed by atoms with Crippen LogP contribution in [0, 0.1) is 0 Å². The van der Waals surface area contributed by atoms with E-state index in [2.05, 4.69) is 15.3 Å². The van der Waals surface area contributed by atoms with E-state index in [4.69, 9.17) is 4.74 Å². The SMILES string of the molecule is COc1ccc(CN(Cc2cccc(C(F)(F)F)c2)Cc2nc(C(=O)NCCc3ccccn3)cs2)cc1. The number of carbonyl (C=O) groups is 1. The van der Waals surface area contributed by atoms with Crippen molar-refractivity contribution in [1.29, 1.82) is 0 Å². The van der Waals surface area contributed by atoms with Gasteiger partial charge in [-0.2, -0.15) is 13.2 Å². The number of ether oxygens (including phenoxy) is 1. The molecule has 38 heavy (non-hydrogen) atoms. The molecule has 2 heterocycles. The Morgan fingerprint density at radius 3 is 2.50 bits per heavy atom. The molecule has 0 radical (unpaired) electrons. The lowest BCUT2D eigenvalue weighted by Crippen LogP contribution is -2.26. The Kier molecular flexibility index (Phi) is 9.09. The van der Waals surface area contributed by atoms with Crippen LogP contribution in [-0.2, 0) is 32.2 Å². The van der Waals surface area contributed by atoms with E-state index < -0.39 is 11.7 Å². The highest BCUT2D eigenvalue weighted by molar-refractivity contribution is 7.09. The van der Waals surface area contributed by atoms with Crippen molar-refractivity contribution in [2.75, 3.05) is 13.7 Å². The molecule has 0 saturated carbocycles. The van der Waals surface area contributed by atoms with Crippen LogP contribution in [0.1, 0.15) is 37.9 Å². The minimum absolute atomic E-state index is 0.275. The van der Waals surface area contributed by atoms with Gasteiger partial charge in [0.15, 0.2) is 0 Å². The number of halogens is 3. The molecule has 2 aromatic heterocycles. The van der Waals surface area contributed by atoms with Gasteiger partial charge in [0.25, 0.3) is 5.91 Å². The van der Waals surface area contributed by atoms with Gasteiger partial charge in [-0.3, -0.25) is 14.7 Å². The maximum absolute atomic E-state index is 13.3. The molecule has 198 valence electrons. The first-order chi connectivity index (χ1) is 18.3. The van der Waals surface area contributed by atoms with Crippen LogP contribution in [0.2, 0.25) is 0 Å². The largest absolute Gasteiger partial charge is 0.497 e. The lowest BCUT2D eigenvalue weighted by Gasteiger charge is -2.22. The highest BCUT2D eigenvalue weighted by Crippen LogP contribution is 2.30. The number of hydrogen-bond donors (Lipinski definition) is 1. The minimum Gasteiger partial charge on any atom is -0.497 e. The molecule has 0 saturated heterocycles. The molecule has 0 fully saturated rings. The average molecular weight is 541 g/mol. The van der Waals surface area contributed by atoms with Gasteiger partial charge in [-0.1, -0.05) is 36.4 Å². The summed E-state index contributed by atoms with van der Waals surface area (Å²) in [6.45, 7) is 1.56. The van der Waals surface area contributed by atoms with Crippen LogP contribution >= 0.6 is 11.3 Å². The number of carbonyl (C=O) groups excluding carboxylic acids is 1. The van der Waals surface area contributed by atoms with Crippen LogP contribution < -0.4 is 10.1 Å². The van der Waals surface area contributed by atoms with Crippen molar-refractivity contribution in [3.63, 3.8) is 0 Å². The highest BCUT2D eigenvalue weighted by Gasteiger charge is 2.30. The van der Waals surface area contributed by atoms with Crippen molar-refractivity contribution in [2.45, 2.75) is 32.2 Å². The second-order valence-electron chi connectivity index (χ2n) is 8.64. The number of hydrogen-bond acceptors (Lipinski definition) is 6. The Bertz CT molecular complexity index is 1330. The Hall–Kier alpha value is -3.76. The lowest BCUT2D eigenvalue weighted by atomic mass is 10.1. The first-order valence-electron chi connectivity index (χ1n) is 11.9. The summed E-state index contributed by atoms with van der Waals surface area (Å²) in [6.07, 6.45) is -2.10. The van der Waals surface area contributed by atoms with E-state index in [1.165, 1.54) is 23.5 Å². The molecule has 0 unspecified atom stereocenters. The van der Waals surface area contributed by atoms with E-state index in [9.17, 15) is 18.0 Å². The minimum atomic E-state index is -4.41. The summed E-state index contributed by atoms with van der Waals surface area (Å²) in [5.41, 5.74) is 2.03. The number of rotatable bonds is 11.